The fourth-order valence-electron chi connectivity index (χ4n) is 3.36. The standard InChI is InChI=1S/C20H21N5O2S/c26-17(12-21-20(27)16-9-5-11-28-16)25-10-4-8-15(13-25)19-22-18(23-24-19)14-6-2-1-3-7-14/h1-3,5-7,9,11,15H,4,8,10,12-13H2,(H,21,27)(H,22,23,24). The molecule has 28 heavy (non-hydrogen) atoms. The van der Waals surface area contributed by atoms with Crippen molar-refractivity contribution in [2.24, 2.45) is 0 Å². The summed E-state index contributed by atoms with van der Waals surface area (Å²) in [6.45, 7) is 1.29. The van der Waals surface area contributed by atoms with Crippen molar-refractivity contribution in [3.8, 4) is 11.4 Å². The lowest BCUT2D eigenvalue weighted by Crippen LogP contribution is -2.44. The Hall–Kier alpha value is -3.00. The number of H-pyrrole nitrogens is 1. The van der Waals surface area contributed by atoms with Crippen LogP contribution in [0.2, 0.25) is 0 Å². The lowest BCUT2D eigenvalue weighted by Gasteiger charge is -2.31. The molecule has 7 nitrogen and oxygen atoms in total. The summed E-state index contributed by atoms with van der Waals surface area (Å²) in [4.78, 5) is 31.6. The molecule has 4 rings (SSSR count). The first kappa shape index (κ1) is 18.4. The van der Waals surface area contributed by atoms with E-state index in [1.54, 1.807) is 11.0 Å². The second-order valence-electron chi connectivity index (χ2n) is 6.75. The largest absolute Gasteiger partial charge is 0.342 e. The van der Waals surface area contributed by atoms with Crippen molar-refractivity contribution in [1.82, 2.24) is 25.4 Å². The molecule has 0 radical (unpaired) electrons. The molecule has 1 saturated heterocycles. The fraction of sp³-hybridized carbons (Fsp3) is 0.300. The van der Waals surface area contributed by atoms with Crippen molar-refractivity contribution >= 4 is 23.2 Å². The van der Waals surface area contributed by atoms with Crippen LogP contribution in [0.3, 0.4) is 0 Å². The van der Waals surface area contributed by atoms with E-state index in [9.17, 15) is 9.59 Å². The van der Waals surface area contributed by atoms with Gasteiger partial charge in [-0.3, -0.25) is 14.7 Å². The predicted octanol–water partition coefficient (Wildman–Crippen LogP) is 2.67. The summed E-state index contributed by atoms with van der Waals surface area (Å²) in [5, 5.41) is 11.9. The van der Waals surface area contributed by atoms with Gasteiger partial charge in [-0.15, -0.1) is 11.3 Å². The van der Waals surface area contributed by atoms with Gasteiger partial charge >= 0.3 is 0 Å². The van der Waals surface area contributed by atoms with Crippen LogP contribution in [-0.2, 0) is 4.79 Å². The Morgan fingerprint density at radius 1 is 1.21 bits per heavy atom. The molecule has 144 valence electrons. The zero-order valence-electron chi connectivity index (χ0n) is 15.3. The number of likely N-dealkylation sites (tertiary alicyclic amines) is 1. The highest BCUT2D eigenvalue weighted by molar-refractivity contribution is 7.12. The van der Waals surface area contributed by atoms with E-state index < -0.39 is 0 Å². The van der Waals surface area contributed by atoms with E-state index in [0.717, 1.165) is 24.2 Å². The number of nitrogens with zero attached hydrogens (tertiary/aromatic N) is 3. The Morgan fingerprint density at radius 3 is 2.86 bits per heavy atom. The maximum Gasteiger partial charge on any atom is 0.261 e. The quantitative estimate of drug-likeness (QED) is 0.695. The van der Waals surface area contributed by atoms with E-state index in [1.807, 2.05) is 41.8 Å². The highest BCUT2D eigenvalue weighted by atomic mass is 32.1. The Bertz CT molecular complexity index is 939. The first-order valence-electron chi connectivity index (χ1n) is 9.28. The highest BCUT2D eigenvalue weighted by Crippen LogP contribution is 2.26. The van der Waals surface area contributed by atoms with E-state index in [-0.39, 0.29) is 24.3 Å². The van der Waals surface area contributed by atoms with Gasteiger partial charge < -0.3 is 10.2 Å². The number of piperidine rings is 1. The van der Waals surface area contributed by atoms with Crippen molar-refractivity contribution in [2.45, 2.75) is 18.8 Å². The van der Waals surface area contributed by atoms with Gasteiger partial charge in [-0.25, -0.2) is 4.98 Å². The first-order chi connectivity index (χ1) is 13.7. The molecular weight excluding hydrogens is 374 g/mol. The van der Waals surface area contributed by atoms with Crippen LogP contribution in [0.25, 0.3) is 11.4 Å². The molecule has 8 heteroatoms. The molecule has 1 aliphatic rings. The van der Waals surface area contributed by atoms with Crippen molar-refractivity contribution in [3.63, 3.8) is 0 Å². The molecular formula is C20H21N5O2S. The van der Waals surface area contributed by atoms with Crippen LogP contribution in [0.1, 0.15) is 34.3 Å². The molecule has 1 aliphatic heterocycles. The van der Waals surface area contributed by atoms with Crippen molar-refractivity contribution in [2.75, 3.05) is 19.6 Å². The number of rotatable bonds is 5. The zero-order valence-corrected chi connectivity index (χ0v) is 16.1. The minimum Gasteiger partial charge on any atom is -0.342 e. The third-order valence-corrected chi connectivity index (χ3v) is 5.71. The predicted molar refractivity (Wildman–Crippen MR) is 107 cm³/mol. The van der Waals surface area contributed by atoms with Crippen molar-refractivity contribution < 1.29 is 9.59 Å². The van der Waals surface area contributed by atoms with Crippen molar-refractivity contribution in [3.05, 3.63) is 58.5 Å². The van der Waals surface area contributed by atoms with Gasteiger partial charge in [0.05, 0.1) is 11.4 Å². The maximum atomic E-state index is 12.5. The summed E-state index contributed by atoms with van der Waals surface area (Å²) in [5.74, 6) is 1.31. The first-order valence-corrected chi connectivity index (χ1v) is 10.2. The number of aromatic amines is 1. The van der Waals surface area contributed by atoms with Crippen LogP contribution in [0.5, 0.6) is 0 Å². The Morgan fingerprint density at radius 2 is 2.07 bits per heavy atom. The monoisotopic (exact) mass is 395 g/mol. The molecule has 0 spiro atoms. The number of thiophene rings is 1. The lowest BCUT2D eigenvalue weighted by atomic mass is 9.97. The molecule has 0 aliphatic carbocycles. The van der Waals surface area contributed by atoms with Crippen LogP contribution in [0.4, 0.5) is 0 Å². The second kappa shape index (κ2) is 8.35. The van der Waals surface area contributed by atoms with E-state index in [1.165, 1.54) is 11.3 Å². The van der Waals surface area contributed by atoms with E-state index >= 15 is 0 Å². The third-order valence-electron chi connectivity index (χ3n) is 4.84. The Labute approximate surface area is 166 Å². The Kier molecular flexibility index (Phi) is 5.48. The SMILES string of the molecule is O=C(NCC(=O)N1CCCC(c2nc(-c3ccccc3)n[nH]2)C1)c1cccs1. The van der Waals surface area contributed by atoms with Gasteiger partial charge in [0.15, 0.2) is 5.82 Å². The van der Waals surface area contributed by atoms with Gasteiger partial charge in [0.2, 0.25) is 5.91 Å². The summed E-state index contributed by atoms with van der Waals surface area (Å²) in [6.07, 6.45) is 1.85. The lowest BCUT2D eigenvalue weighted by molar-refractivity contribution is -0.131. The average Bonchev–Trinajstić information content (AvgIpc) is 3.45. The topological polar surface area (TPSA) is 91.0 Å². The summed E-state index contributed by atoms with van der Waals surface area (Å²) in [7, 11) is 0. The van der Waals surface area contributed by atoms with E-state index in [4.69, 9.17) is 0 Å². The molecule has 1 atom stereocenters. The molecule has 0 bridgehead atoms. The smallest absolute Gasteiger partial charge is 0.261 e. The number of carbonyl (C=O) groups is 2. The molecule has 2 aromatic heterocycles. The minimum atomic E-state index is -0.209. The highest BCUT2D eigenvalue weighted by Gasteiger charge is 2.27. The number of hydrogen-bond acceptors (Lipinski definition) is 5. The van der Waals surface area contributed by atoms with Gasteiger partial charge in [0, 0.05) is 24.6 Å². The summed E-state index contributed by atoms with van der Waals surface area (Å²) < 4.78 is 0. The van der Waals surface area contributed by atoms with Crippen LogP contribution < -0.4 is 5.32 Å². The van der Waals surface area contributed by atoms with Gasteiger partial charge in [0.1, 0.15) is 5.82 Å². The molecule has 1 unspecified atom stereocenters. The van der Waals surface area contributed by atoms with Crippen LogP contribution in [0.15, 0.2) is 47.8 Å². The summed E-state index contributed by atoms with van der Waals surface area (Å²) >= 11 is 1.36. The van der Waals surface area contributed by atoms with Crippen LogP contribution in [0, 0.1) is 0 Å². The third kappa shape index (κ3) is 4.12. The molecule has 1 aromatic carbocycles. The van der Waals surface area contributed by atoms with Gasteiger partial charge in [-0.1, -0.05) is 36.4 Å². The van der Waals surface area contributed by atoms with Crippen molar-refractivity contribution in [1.29, 1.82) is 0 Å². The average molecular weight is 395 g/mol. The molecule has 3 heterocycles. The number of nitrogens with one attached hydrogen (secondary N) is 2. The molecule has 0 saturated carbocycles. The van der Waals surface area contributed by atoms with Crippen LogP contribution >= 0.6 is 11.3 Å². The summed E-state index contributed by atoms with van der Waals surface area (Å²) in [5.41, 5.74) is 0.963. The molecule has 2 N–H and O–H groups in total. The zero-order chi connectivity index (χ0) is 19.3. The fourth-order valence-corrected chi connectivity index (χ4v) is 4.00. The number of carbonyl (C=O) groups excluding carboxylic acids is 2. The van der Waals surface area contributed by atoms with Gasteiger partial charge in [0.25, 0.3) is 5.91 Å². The van der Waals surface area contributed by atoms with E-state index in [2.05, 4.69) is 20.5 Å². The number of hydrogen-bond donors (Lipinski definition) is 2. The van der Waals surface area contributed by atoms with Crippen LogP contribution in [-0.4, -0.2) is 51.5 Å². The minimum absolute atomic E-state index is 0.00905. The summed E-state index contributed by atoms with van der Waals surface area (Å²) in [6, 6.07) is 13.4. The number of amides is 2. The van der Waals surface area contributed by atoms with Gasteiger partial charge in [-0.05, 0) is 24.3 Å². The Balaban J connectivity index is 1.36. The molecule has 3 aromatic rings. The second-order valence-corrected chi connectivity index (χ2v) is 7.70. The molecule has 1 fully saturated rings. The van der Waals surface area contributed by atoms with E-state index in [0.29, 0.717) is 23.8 Å². The number of aromatic nitrogens is 3. The van der Waals surface area contributed by atoms with Gasteiger partial charge in [-0.2, -0.15) is 5.10 Å². The maximum absolute atomic E-state index is 12.5. The normalized spacial score (nSPS) is 16.7. The number of benzene rings is 1. The molecule has 2 amide bonds.